The standard InChI is InChI=1S/C26H28ClFS/c1-25(2,3)19-11-7-17(8-12-19)23-21(28)15-16-22(29-27)24(23)18-9-13-20(14-10-18)26(4,5)6/h7-16H,1-6H3. The van der Waals surface area contributed by atoms with Crippen molar-refractivity contribution in [3.05, 3.63) is 77.6 Å². The molecule has 0 saturated heterocycles. The van der Waals surface area contributed by atoms with Gasteiger partial charge in [0, 0.05) is 16.0 Å². The molecule has 0 aliphatic rings. The third-order valence-electron chi connectivity index (χ3n) is 5.28. The second kappa shape index (κ2) is 8.16. The summed E-state index contributed by atoms with van der Waals surface area (Å²) in [5, 5.41) is 0. The highest BCUT2D eigenvalue weighted by Gasteiger charge is 2.20. The van der Waals surface area contributed by atoms with Crippen LogP contribution in [0.4, 0.5) is 4.39 Å². The molecule has 3 heteroatoms. The Balaban J connectivity index is 2.18. The normalized spacial score (nSPS) is 12.3. The Morgan fingerprint density at radius 3 is 1.41 bits per heavy atom. The van der Waals surface area contributed by atoms with Gasteiger partial charge in [0.05, 0.1) is 0 Å². The second-order valence-corrected chi connectivity index (χ2v) is 10.6. The van der Waals surface area contributed by atoms with Crippen molar-refractivity contribution in [1.29, 1.82) is 0 Å². The molecule has 0 spiro atoms. The van der Waals surface area contributed by atoms with Gasteiger partial charge in [-0.3, -0.25) is 0 Å². The maximum atomic E-state index is 15.1. The van der Waals surface area contributed by atoms with Crippen LogP contribution in [-0.4, -0.2) is 0 Å². The van der Waals surface area contributed by atoms with E-state index in [1.807, 2.05) is 12.1 Å². The highest BCUT2D eigenvalue weighted by Crippen LogP contribution is 2.43. The predicted molar refractivity (Wildman–Crippen MR) is 126 cm³/mol. The van der Waals surface area contributed by atoms with Crippen LogP contribution < -0.4 is 0 Å². The average Bonchev–Trinajstić information content (AvgIpc) is 2.66. The molecule has 0 fully saturated rings. The van der Waals surface area contributed by atoms with Gasteiger partial charge in [0.2, 0.25) is 0 Å². The minimum atomic E-state index is -0.238. The van der Waals surface area contributed by atoms with E-state index < -0.39 is 0 Å². The summed E-state index contributed by atoms with van der Waals surface area (Å²) in [6, 6.07) is 19.8. The Kier molecular flexibility index (Phi) is 6.17. The molecule has 0 aromatic heterocycles. The van der Waals surface area contributed by atoms with Crippen LogP contribution in [0.15, 0.2) is 65.6 Å². The predicted octanol–water partition coefficient (Wildman–Crippen LogP) is 9.00. The summed E-state index contributed by atoms with van der Waals surface area (Å²) in [4.78, 5) is 0.853. The van der Waals surface area contributed by atoms with Crippen LogP contribution >= 0.6 is 21.7 Å². The molecule has 0 heterocycles. The van der Waals surface area contributed by atoms with Crippen molar-refractivity contribution in [2.45, 2.75) is 57.3 Å². The van der Waals surface area contributed by atoms with E-state index in [1.165, 1.54) is 17.2 Å². The van der Waals surface area contributed by atoms with Crippen molar-refractivity contribution in [2.75, 3.05) is 0 Å². The number of hydrogen-bond acceptors (Lipinski definition) is 1. The fourth-order valence-electron chi connectivity index (χ4n) is 3.47. The van der Waals surface area contributed by atoms with Crippen molar-refractivity contribution in [2.24, 2.45) is 0 Å². The molecule has 0 aliphatic carbocycles. The van der Waals surface area contributed by atoms with Gasteiger partial charge in [0.1, 0.15) is 5.82 Å². The van der Waals surface area contributed by atoms with E-state index in [9.17, 15) is 0 Å². The number of rotatable bonds is 3. The zero-order valence-corrected chi connectivity index (χ0v) is 19.5. The van der Waals surface area contributed by atoms with Crippen LogP contribution in [0.5, 0.6) is 0 Å². The zero-order chi connectivity index (χ0) is 21.4. The molecule has 3 aromatic rings. The fourth-order valence-corrected chi connectivity index (χ4v) is 4.27. The first-order chi connectivity index (χ1) is 13.5. The van der Waals surface area contributed by atoms with Crippen molar-refractivity contribution >= 4 is 21.7 Å². The molecule has 0 radical (unpaired) electrons. The molecule has 152 valence electrons. The van der Waals surface area contributed by atoms with Gasteiger partial charge in [-0.1, -0.05) is 90.1 Å². The molecule has 0 bridgehead atoms. The van der Waals surface area contributed by atoms with Crippen molar-refractivity contribution < 1.29 is 4.39 Å². The first-order valence-corrected chi connectivity index (χ1v) is 11.5. The lowest BCUT2D eigenvalue weighted by molar-refractivity contribution is 0.590. The van der Waals surface area contributed by atoms with Gasteiger partial charge in [-0.05, 0) is 66.9 Å². The van der Waals surface area contributed by atoms with E-state index in [0.717, 1.165) is 32.6 Å². The summed E-state index contributed by atoms with van der Waals surface area (Å²) in [7, 11) is 7.31. The first-order valence-electron chi connectivity index (χ1n) is 9.85. The molecule has 0 saturated carbocycles. The summed E-state index contributed by atoms with van der Waals surface area (Å²) >= 11 is 0. The van der Waals surface area contributed by atoms with Crippen LogP contribution in [0.25, 0.3) is 22.3 Å². The maximum absolute atomic E-state index is 15.1. The van der Waals surface area contributed by atoms with Gasteiger partial charge in [0.25, 0.3) is 0 Å². The van der Waals surface area contributed by atoms with Crippen LogP contribution in [0.3, 0.4) is 0 Å². The summed E-state index contributed by atoms with van der Waals surface area (Å²) in [5.41, 5.74) is 5.85. The quantitative estimate of drug-likeness (QED) is 0.402. The molecule has 3 rings (SSSR count). The van der Waals surface area contributed by atoms with E-state index in [-0.39, 0.29) is 16.6 Å². The third kappa shape index (κ3) is 4.70. The lowest BCUT2D eigenvalue weighted by Gasteiger charge is -2.21. The lowest BCUT2D eigenvalue weighted by Crippen LogP contribution is -2.10. The molecule has 0 N–H and O–H groups in total. The monoisotopic (exact) mass is 426 g/mol. The number of benzene rings is 3. The molecule has 3 aromatic carbocycles. The third-order valence-corrected chi connectivity index (χ3v) is 6.28. The summed E-state index contributed by atoms with van der Waals surface area (Å²) < 4.78 is 15.1. The Morgan fingerprint density at radius 2 is 1.03 bits per heavy atom. The Labute approximate surface area is 183 Å². The largest absolute Gasteiger partial charge is 0.206 e. The summed E-state index contributed by atoms with van der Waals surface area (Å²) in [6.45, 7) is 13.1. The second-order valence-electron chi connectivity index (χ2n) is 9.53. The number of halogens is 2. The molecule has 0 nitrogen and oxygen atoms in total. The van der Waals surface area contributed by atoms with Gasteiger partial charge < -0.3 is 0 Å². The van der Waals surface area contributed by atoms with Gasteiger partial charge in [-0.15, -0.1) is 0 Å². The number of hydrogen-bond donors (Lipinski definition) is 0. The highest BCUT2D eigenvalue weighted by atomic mass is 35.7. The molecule has 0 unspecified atom stereocenters. The van der Waals surface area contributed by atoms with E-state index in [2.05, 4.69) is 77.9 Å². The molecule has 0 atom stereocenters. The van der Waals surface area contributed by atoms with Crippen LogP contribution in [-0.2, 0) is 10.8 Å². The van der Waals surface area contributed by atoms with E-state index in [1.54, 1.807) is 6.07 Å². The Morgan fingerprint density at radius 1 is 0.621 bits per heavy atom. The summed E-state index contributed by atoms with van der Waals surface area (Å²) in [5.74, 6) is -0.238. The van der Waals surface area contributed by atoms with Crippen LogP contribution in [0, 0.1) is 5.82 Å². The van der Waals surface area contributed by atoms with Gasteiger partial charge in [-0.25, -0.2) is 4.39 Å². The smallest absolute Gasteiger partial charge is 0.131 e. The highest BCUT2D eigenvalue weighted by molar-refractivity contribution is 8.21. The minimum absolute atomic E-state index is 0.0521. The molecule has 29 heavy (non-hydrogen) atoms. The Bertz CT molecular complexity index is 991. The van der Waals surface area contributed by atoms with Crippen LogP contribution in [0.2, 0.25) is 0 Å². The minimum Gasteiger partial charge on any atom is -0.206 e. The van der Waals surface area contributed by atoms with Crippen molar-refractivity contribution in [3.8, 4) is 22.3 Å². The molecule has 0 aliphatic heterocycles. The molecule has 0 amide bonds. The average molecular weight is 427 g/mol. The topological polar surface area (TPSA) is 0 Å². The first kappa shape index (κ1) is 21.9. The van der Waals surface area contributed by atoms with Crippen molar-refractivity contribution in [3.63, 3.8) is 0 Å². The van der Waals surface area contributed by atoms with Gasteiger partial charge in [0.15, 0.2) is 0 Å². The maximum Gasteiger partial charge on any atom is 0.131 e. The molecular formula is C26H28ClFS. The SMILES string of the molecule is CC(C)(C)c1ccc(-c2c(F)ccc(SCl)c2-c2ccc(C(C)(C)C)cc2)cc1. The fraction of sp³-hybridized carbons (Fsp3) is 0.308. The van der Waals surface area contributed by atoms with Crippen LogP contribution in [0.1, 0.15) is 52.7 Å². The summed E-state index contributed by atoms with van der Waals surface area (Å²) in [6.07, 6.45) is 0. The van der Waals surface area contributed by atoms with E-state index in [4.69, 9.17) is 10.7 Å². The van der Waals surface area contributed by atoms with Gasteiger partial charge in [-0.2, -0.15) is 0 Å². The van der Waals surface area contributed by atoms with E-state index >= 15 is 4.39 Å². The van der Waals surface area contributed by atoms with E-state index in [0.29, 0.717) is 5.56 Å². The lowest BCUT2D eigenvalue weighted by atomic mass is 9.84. The molecular weight excluding hydrogens is 399 g/mol. The zero-order valence-electron chi connectivity index (χ0n) is 17.9. The van der Waals surface area contributed by atoms with Crippen molar-refractivity contribution in [1.82, 2.24) is 0 Å². The van der Waals surface area contributed by atoms with Gasteiger partial charge >= 0.3 is 0 Å². The Hall–Kier alpha value is -1.77.